The van der Waals surface area contributed by atoms with Gasteiger partial charge < -0.3 is 5.11 Å². The van der Waals surface area contributed by atoms with Crippen molar-refractivity contribution in [1.82, 2.24) is 15.6 Å². The lowest BCUT2D eigenvalue weighted by molar-refractivity contribution is 0.0949. The van der Waals surface area contributed by atoms with E-state index in [9.17, 15) is 9.90 Å². The number of phenols is 1. The zero-order chi connectivity index (χ0) is 20.7. The van der Waals surface area contributed by atoms with Crippen molar-refractivity contribution in [2.24, 2.45) is 5.10 Å². The van der Waals surface area contributed by atoms with Crippen LogP contribution in [0.5, 0.6) is 5.75 Å². The molecule has 1 aliphatic carbocycles. The predicted molar refractivity (Wildman–Crippen MR) is 111 cm³/mol. The van der Waals surface area contributed by atoms with Crippen LogP contribution in [0.4, 0.5) is 0 Å². The minimum Gasteiger partial charge on any atom is -0.507 e. The van der Waals surface area contributed by atoms with Crippen LogP contribution in [0.3, 0.4) is 0 Å². The van der Waals surface area contributed by atoms with Crippen LogP contribution in [0.25, 0.3) is 0 Å². The topological polar surface area (TPSA) is 90.4 Å². The average molecular weight is 383 g/mol. The molecule has 1 amide bonds. The predicted octanol–water partition coefficient (Wildman–Crippen LogP) is 3.96. The number of hydrogen-bond donors (Lipinski definition) is 3. The Bertz CT molecular complexity index is 892. The van der Waals surface area contributed by atoms with Crippen molar-refractivity contribution in [3.8, 4) is 5.75 Å². The van der Waals surface area contributed by atoms with Gasteiger partial charge in [-0.1, -0.05) is 41.5 Å². The first-order chi connectivity index (χ1) is 13.0. The van der Waals surface area contributed by atoms with Gasteiger partial charge in [-0.15, -0.1) is 0 Å². The summed E-state index contributed by atoms with van der Waals surface area (Å²) in [5.41, 5.74) is 7.19. The number of phenolic OH excluding ortho intramolecular Hbond substituents is 1. The molecule has 0 saturated carbocycles. The van der Waals surface area contributed by atoms with E-state index in [4.69, 9.17) is 0 Å². The molecule has 1 aliphatic rings. The number of aromatic nitrogens is 2. The van der Waals surface area contributed by atoms with Crippen molar-refractivity contribution in [3.63, 3.8) is 0 Å². The van der Waals surface area contributed by atoms with Gasteiger partial charge in [0.15, 0.2) is 5.69 Å². The van der Waals surface area contributed by atoms with Crippen molar-refractivity contribution in [1.29, 1.82) is 0 Å². The fourth-order valence-corrected chi connectivity index (χ4v) is 3.60. The SMILES string of the molecule is CC(C)(C)c1cc(C=NNC(=O)c2n[nH]c3c2CCC3)cc(C(C)(C)C)c1O. The monoisotopic (exact) mass is 382 g/mol. The molecular formula is C22H30N4O2. The second-order valence-corrected chi connectivity index (χ2v) is 9.55. The normalized spacial score (nSPS) is 14.5. The van der Waals surface area contributed by atoms with E-state index in [0.717, 1.165) is 47.2 Å². The van der Waals surface area contributed by atoms with E-state index in [1.807, 2.05) is 12.1 Å². The van der Waals surface area contributed by atoms with Crippen molar-refractivity contribution in [3.05, 3.63) is 45.8 Å². The van der Waals surface area contributed by atoms with Gasteiger partial charge in [-0.3, -0.25) is 9.89 Å². The Morgan fingerprint density at radius 2 is 1.75 bits per heavy atom. The quantitative estimate of drug-likeness (QED) is 0.554. The van der Waals surface area contributed by atoms with E-state index in [0.29, 0.717) is 11.4 Å². The van der Waals surface area contributed by atoms with Crippen molar-refractivity contribution >= 4 is 12.1 Å². The lowest BCUT2D eigenvalue weighted by Gasteiger charge is -2.27. The second-order valence-electron chi connectivity index (χ2n) is 9.55. The molecule has 150 valence electrons. The van der Waals surface area contributed by atoms with Gasteiger partial charge >= 0.3 is 0 Å². The van der Waals surface area contributed by atoms with Crippen LogP contribution in [0.1, 0.15) is 86.4 Å². The molecule has 1 heterocycles. The zero-order valence-corrected chi connectivity index (χ0v) is 17.6. The number of nitrogens with one attached hydrogen (secondary N) is 2. The molecule has 0 radical (unpaired) electrons. The Morgan fingerprint density at radius 1 is 1.14 bits per heavy atom. The number of rotatable bonds is 3. The highest BCUT2D eigenvalue weighted by molar-refractivity contribution is 5.94. The summed E-state index contributed by atoms with van der Waals surface area (Å²) in [6.07, 6.45) is 4.48. The molecule has 0 aliphatic heterocycles. The fraction of sp³-hybridized carbons (Fsp3) is 0.500. The molecule has 0 saturated heterocycles. The van der Waals surface area contributed by atoms with E-state index in [2.05, 4.69) is 62.3 Å². The zero-order valence-electron chi connectivity index (χ0n) is 17.6. The largest absolute Gasteiger partial charge is 0.507 e. The lowest BCUT2D eigenvalue weighted by Crippen LogP contribution is -2.20. The third-order valence-electron chi connectivity index (χ3n) is 5.15. The third kappa shape index (κ3) is 3.96. The van der Waals surface area contributed by atoms with E-state index in [1.165, 1.54) is 0 Å². The van der Waals surface area contributed by atoms with Crippen molar-refractivity contribution < 1.29 is 9.90 Å². The first-order valence-electron chi connectivity index (χ1n) is 9.76. The highest BCUT2D eigenvalue weighted by Crippen LogP contribution is 2.39. The van der Waals surface area contributed by atoms with Crippen LogP contribution in [0, 0.1) is 0 Å². The van der Waals surface area contributed by atoms with Gasteiger partial charge in [0.2, 0.25) is 0 Å². The summed E-state index contributed by atoms with van der Waals surface area (Å²) in [6.45, 7) is 12.4. The van der Waals surface area contributed by atoms with Crippen LogP contribution in [-0.2, 0) is 23.7 Å². The summed E-state index contributed by atoms with van der Waals surface area (Å²) in [5.74, 6) is 0.0230. The first-order valence-corrected chi connectivity index (χ1v) is 9.76. The summed E-state index contributed by atoms with van der Waals surface area (Å²) in [6, 6.07) is 3.85. The molecule has 0 atom stereocenters. The smallest absolute Gasteiger partial charge is 0.292 e. The molecule has 0 bridgehead atoms. The number of benzene rings is 1. The molecule has 3 rings (SSSR count). The Balaban J connectivity index is 1.86. The number of aromatic hydroxyl groups is 1. The van der Waals surface area contributed by atoms with Crippen LogP contribution in [-0.4, -0.2) is 27.4 Å². The number of nitrogens with zero attached hydrogens (tertiary/aromatic N) is 2. The average Bonchev–Trinajstić information content (AvgIpc) is 3.16. The van der Waals surface area contributed by atoms with Gasteiger partial charge in [0, 0.05) is 22.4 Å². The number of aryl methyl sites for hydroxylation is 1. The molecule has 6 nitrogen and oxygen atoms in total. The van der Waals surface area contributed by atoms with Crippen LogP contribution >= 0.6 is 0 Å². The highest BCUT2D eigenvalue weighted by Gasteiger charge is 2.26. The van der Waals surface area contributed by atoms with Gasteiger partial charge in [-0.05, 0) is 47.8 Å². The van der Waals surface area contributed by atoms with Crippen LogP contribution in [0.15, 0.2) is 17.2 Å². The molecule has 0 fully saturated rings. The van der Waals surface area contributed by atoms with Crippen LogP contribution in [0.2, 0.25) is 0 Å². The van der Waals surface area contributed by atoms with E-state index in [1.54, 1.807) is 6.21 Å². The molecule has 6 heteroatoms. The summed E-state index contributed by atoms with van der Waals surface area (Å²) in [7, 11) is 0. The lowest BCUT2D eigenvalue weighted by atomic mass is 9.78. The number of hydrazone groups is 1. The number of H-pyrrole nitrogens is 1. The third-order valence-corrected chi connectivity index (χ3v) is 5.15. The maximum Gasteiger partial charge on any atom is 0.292 e. The Labute approximate surface area is 166 Å². The highest BCUT2D eigenvalue weighted by atomic mass is 16.3. The molecule has 0 unspecified atom stereocenters. The van der Waals surface area contributed by atoms with E-state index >= 15 is 0 Å². The molecule has 1 aromatic heterocycles. The molecular weight excluding hydrogens is 352 g/mol. The number of carbonyl (C=O) groups is 1. The minimum absolute atomic E-state index is 0.215. The molecule has 1 aromatic carbocycles. The number of aromatic amines is 1. The number of carbonyl (C=O) groups excluding carboxylic acids is 1. The van der Waals surface area contributed by atoms with E-state index in [-0.39, 0.29) is 16.7 Å². The summed E-state index contributed by atoms with van der Waals surface area (Å²) >= 11 is 0. The Kier molecular flexibility index (Phi) is 5.08. The summed E-state index contributed by atoms with van der Waals surface area (Å²) in [4.78, 5) is 12.4. The summed E-state index contributed by atoms with van der Waals surface area (Å²) < 4.78 is 0. The first kappa shape index (κ1) is 20.1. The fourth-order valence-electron chi connectivity index (χ4n) is 3.60. The number of hydrogen-bond acceptors (Lipinski definition) is 4. The van der Waals surface area contributed by atoms with E-state index < -0.39 is 0 Å². The standard InChI is InChI=1S/C22H30N4O2/c1-21(2,3)15-10-13(11-16(19(15)27)22(4,5)6)12-23-26-20(28)18-14-8-7-9-17(14)24-25-18/h10-12,27H,7-9H2,1-6H3,(H,24,25)(H,26,28). The van der Waals surface area contributed by atoms with Gasteiger partial charge in [0.1, 0.15) is 5.75 Å². The molecule has 2 aromatic rings. The minimum atomic E-state index is -0.304. The summed E-state index contributed by atoms with van der Waals surface area (Å²) in [5, 5.41) is 22.0. The second kappa shape index (κ2) is 7.08. The van der Waals surface area contributed by atoms with Gasteiger partial charge in [0.25, 0.3) is 5.91 Å². The molecule has 3 N–H and O–H groups in total. The Morgan fingerprint density at radius 3 is 2.32 bits per heavy atom. The van der Waals surface area contributed by atoms with Gasteiger partial charge in [-0.25, -0.2) is 5.43 Å². The molecule has 28 heavy (non-hydrogen) atoms. The van der Waals surface area contributed by atoms with Gasteiger partial charge in [0.05, 0.1) is 6.21 Å². The Hall–Kier alpha value is -2.63. The number of amides is 1. The maximum atomic E-state index is 12.4. The maximum absolute atomic E-state index is 12.4. The van der Waals surface area contributed by atoms with Crippen molar-refractivity contribution in [2.75, 3.05) is 0 Å². The van der Waals surface area contributed by atoms with Crippen molar-refractivity contribution in [2.45, 2.75) is 71.6 Å². The number of fused-ring (bicyclic) bond motifs is 1. The molecule has 0 spiro atoms. The van der Waals surface area contributed by atoms with Crippen LogP contribution < -0.4 is 5.43 Å². The van der Waals surface area contributed by atoms with Gasteiger partial charge in [-0.2, -0.15) is 10.2 Å².